The monoisotopic (exact) mass is 1120 g/mol. The lowest BCUT2D eigenvalue weighted by atomic mass is 9.84. The van der Waals surface area contributed by atoms with Crippen LogP contribution in [-0.4, -0.2) is 139 Å². The fourth-order valence-electron chi connectivity index (χ4n) is 9.33. The summed E-state index contributed by atoms with van der Waals surface area (Å²) in [6, 6.07) is 31.7. The van der Waals surface area contributed by atoms with Crippen LogP contribution in [0.2, 0.25) is 0 Å². The summed E-state index contributed by atoms with van der Waals surface area (Å²) in [5.41, 5.74) is 3.56. The number of benzene rings is 4. The molecule has 2 fully saturated rings. The summed E-state index contributed by atoms with van der Waals surface area (Å²) in [5, 5.41) is 25.9. The number of nitrogens with zero attached hydrogens (tertiary/aromatic N) is 5. The molecule has 0 spiro atoms. The Morgan fingerprint density at radius 3 is 1.47 bits per heavy atom. The number of piperazine rings is 2. The van der Waals surface area contributed by atoms with Crippen molar-refractivity contribution in [3.05, 3.63) is 148 Å². The third-order valence-electron chi connectivity index (χ3n) is 12.9. The first kappa shape index (κ1) is 65.6. The number of ether oxygens (including phenoxy) is 3. The van der Waals surface area contributed by atoms with Crippen LogP contribution in [0.3, 0.4) is 0 Å². The lowest BCUT2D eigenvalue weighted by Gasteiger charge is -2.44. The van der Waals surface area contributed by atoms with Gasteiger partial charge >= 0.3 is 24.1 Å². The average molecular weight is 1120 g/mol. The van der Waals surface area contributed by atoms with E-state index in [0.29, 0.717) is 51.3 Å². The molecule has 3 N–H and O–H groups in total. The molecule has 2 aliphatic heterocycles. The average Bonchev–Trinajstić information content (AvgIpc) is 3.38. The summed E-state index contributed by atoms with van der Waals surface area (Å²) < 4.78 is 15.1. The number of ketones is 1. The number of nitrogens with one attached hydrogen (secondary N) is 1. The van der Waals surface area contributed by atoms with Crippen molar-refractivity contribution in [1.82, 2.24) is 24.9 Å². The predicted molar refractivity (Wildman–Crippen MR) is 306 cm³/mol. The number of rotatable bonds is 16. The van der Waals surface area contributed by atoms with Gasteiger partial charge in [-0.05, 0) is 95.4 Å². The van der Waals surface area contributed by atoms with Crippen molar-refractivity contribution in [2.75, 3.05) is 26.2 Å². The van der Waals surface area contributed by atoms with Crippen LogP contribution in [0.25, 0.3) is 4.85 Å². The molecule has 81 heavy (non-hydrogen) atoms. The van der Waals surface area contributed by atoms with Crippen molar-refractivity contribution in [2.45, 2.75) is 151 Å². The van der Waals surface area contributed by atoms with Gasteiger partial charge in [0.05, 0.1) is 18.8 Å². The predicted octanol–water partition coefficient (Wildman–Crippen LogP) is 8.24. The number of hydrogen-bond donors (Lipinski definition) is 3. The van der Waals surface area contributed by atoms with Gasteiger partial charge in [-0.15, -0.1) is 0 Å². The largest absolute Gasteiger partial charge is 0.444 e. The molecule has 0 aliphatic carbocycles. The van der Waals surface area contributed by atoms with Crippen LogP contribution in [0.1, 0.15) is 112 Å². The highest BCUT2D eigenvalue weighted by Gasteiger charge is 2.47. The van der Waals surface area contributed by atoms with Gasteiger partial charge in [-0.3, -0.25) is 33.8 Å². The second-order valence-electron chi connectivity index (χ2n) is 22.4. The summed E-state index contributed by atoms with van der Waals surface area (Å²) in [4.78, 5) is 106. The van der Waals surface area contributed by atoms with E-state index in [9.17, 15) is 48.6 Å². The van der Waals surface area contributed by atoms with E-state index in [-0.39, 0.29) is 50.4 Å². The van der Waals surface area contributed by atoms with Gasteiger partial charge in [0, 0.05) is 74.4 Å². The van der Waals surface area contributed by atoms with E-state index < -0.39 is 65.5 Å². The van der Waals surface area contributed by atoms with Crippen molar-refractivity contribution < 1.29 is 64.2 Å². The maximum Gasteiger partial charge on any atom is 0.411 e. The quantitative estimate of drug-likeness (QED) is 0.0416. The molecule has 4 aromatic carbocycles. The molecule has 438 valence electrons. The van der Waals surface area contributed by atoms with E-state index in [1.54, 1.807) is 63.5 Å². The number of hydrogen-bond acceptors (Lipinski definition) is 13. The van der Waals surface area contributed by atoms with Crippen LogP contribution in [0, 0.1) is 18.4 Å². The van der Waals surface area contributed by atoms with Gasteiger partial charge in [0.2, 0.25) is 17.7 Å². The number of carbonyl (C=O) groups excluding carboxylic acids is 8. The molecule has 2 heterocycles. The van der Waals surface area contributed by atoms with E-state index in [2.05, 4.69) is 14.9 Å². The Hall–Kier alpha value is -7.95. The zero-order valence-corrected chi connectivity index (χ0v) is 48.5. The first-order chi connectivity index (χ1) is 38.0. The number of esters is 2. The Bertz CT molecular complexity index is 2820. The van der Waals surface area contributed by atoms with Crippen molar-refractivity contribution in [3.63, 3.8) is 0 Å². The zero-order chi connectivity index (χ0) is 60.2. The van der Waals surface area contributed by atoms with E-state index in [0.717, 1.165) is 27.8 Å². The lowest BCUT2D eigenvalue weighted by molar-refractivity contribution is -0.156. The highest BCUT2D eigenvalue weighted by Crippen LogP contribution is 2.29. The van der Waals surface area contributed by atoms with Gasteiger partial charge < -0.3 is 44.3 Å². The Balaban J connectivity index is 0.000000384. The van der Waals surface area contributed by atoms with Crippen molar-refractivity contribution in [1.29, 1.82) is 0 Å². The van der Waals surface area contributed by atoms with Gasteiger partial charge in [-0.25, -0.2) is 14.4 Å². The van der Waals surface area contributed by atoms with Crippen LogP contribution in [0.15, 0.2) is 109 Å². The maximum atomic E-state index is 13.9. The first-order valence-electron chi connectivity index (χ1n) is 27.0. The minimum atomic E-state index is -1.32. The Kier molecular flexibility index (Phi) is 24.8. The molecule has 6 atom stereocenters. The van der Waals surface area contributed by atoms with E-state index >= 15 is 0 Å². The topological polar surface area (TPSA) is 234 Å². The smallest absolute Gasteiger partial charge is 0.411 e. The molecule has 0 bridgehead atoms. The second-order valence-corrected chi connectivity index (χ2v) is 22.4. The molecule has 0 radical (unpaired) electrons. The number of aliphatic hydroxyl groups is 2. The Morgan fingerprint density at radius 1 is 0.617 bits per heavy atom. The third-order valence-corrected chi connectivity index (χ3v) is 12.9. The molecule has 4 aromatic rings. The summed E-state index contributed by atoms with van der Waals surface area (Å²) in [6.07, 6.45) is -2.90. The summed E-state index contributed by atoms with van der Waals surface area (Å²) in [5.74, 6) is -3.06. The molecule has 19 nitrogen and oxygen atoms in total. The SMILES string of the molecule is CC(=O)C[C@@H](Cc1cccc(CNC(C)=O)c1)[C@H](O)[C@H]1C(=O)N(Cc2ccccc2)CCN1C(=O)OC(C)(C)C.CC(=O)OC(C)=O.[C-]#[N+]c1cccc(C[C@H](C)[C@H](O)[C@H]2C(=O)N(Cc3ccccc3)CCN2C(=O)OC(C)(C)C)c1.[HH]. The second kappa shape index (κ2) is 30.6. The van der Waals surface area contributed by atoms with Gasteiger partial charge in [0.25, 0.3) is 0 Å². The number of aliphatic hydroxyl groups excluding tert-OH is 2. The molecule has 0 aromatic heterocycles. The van der Waals surface area contributed by atoms with Crippen molar-refractivity contribution in [3.8, 4) is 0 Å². The molecule has 0 unspecified atom stereocenters. The zero-order valence-electron chi connectivity index (χ0n) is 48.5. The molecule has 0 saturated carbocycles. The lowest BCUT2D eigenvalue weighted by Crippen LogP contribution is -2.64. The van der Waals surface area contributed by atoms with Crippen LogP contribution in [0.4, 0.5) is 15.3 Å². The summed E-state index contributed by atoms with van der Waals surface area (Å²) in [7, 11) is 0. The molecular formula is C62H82N6O13. The Labute approximate surface area is 477 Å². The van der Waals surface area contributed by atoms with E-state index in [4.69, 9.17) is 16.0 Å². The van der Waals surface area contributed by atoms with Gasteiger partial charge in [-0.1, -0.05) is 122 Å². The van der Waals surface area contributed by atoms with E-state index in [1.807, 2.05) is 104 Å². The van der Waals surface area contributed by atoms with Gasteiger partial charge in [-0.2, -0.15) is 0 Å². The number of carbonyl (C=O) groups is 8. The van der Waals surface area contributed by atoms with Gasteiger partial charge in [0.15, 0.2) is 5.69 Å². The molecule has 6 rings (SSSR count). The molecule has 2 aliphatic rings. The first-order valence-corrected chi connectivity index (χ1v) is 27.0. The molecule has 5 amide bonds. The summed E-state index contributed by atoms with van der Waals surface area (Å²) >= 11 is 0. The Morgan fingerprint density at radius 2 is 1.05 bits per heavy atom. The number of Topliss-reactive ketones (excluding diaryl/α,β-unsaturated/α-hetero) is 1. The minimum absolute atomic E-state index is 0. The normalized spacial score (nSPS) is 16.8. The molecule has 2 saturated heterocycles. The maximum absolute atomic E-state index is 13.9. The van der Waals surface area contributed by atoms with Crippen molar-refractivity contribution >= 4 is 53.3 Å². The van der Waals surface area contributed by atoms with Crippen LogP contribution in [-0.2, 0) is 75.5 Å². The third kappa shape index (κ3) is 21.9. The molecule has 19 heteroatoms. The van der Waals surface area contributed by atoms with Crippen LogP contribution < -0.4 is 5.32 Å². The fraction of sp³-hybridized carbons (Fsp3) is 0.468. The summed E-state index contributed by atoms with van der Waals surface area (Å²) in [6.45, 7) is 27.1. The molecular weight excluding hydrogens is 1040 g/mol. The van der Waals surface area contributed by atoms with E-state index in [1.165, 1.54) is 37.5 Å². The highest BCUT2D eigenvalue weighted by molar-refractivity contribution is 5.89. The number of amides is 5. The van der Waals surface area contributed by atoms with Gasteiger partial charge in [0.1, 0.15) is 29.1 Å². The van der Waals surface area contributed by atoms with Crippen LogP contribution >= 0.6 is 0 Å². The van der Waals surface area contributed by atoms with Crippen LogP contribution in [0.5, 0.6) is 0 Å². The van der Waals surface area contributed by atoms with Crippen molar-refractivity contribution in [2.24, 2.45) is 11.8 Å². The standard InChI is InChI=1S/C31H41N3O6.C27H33N3O4.C4H6O3.H2/c1-21(35)16-26(18-24-12-9-13-25(17-24)19-32-22(2)36)28(37)27-29(38)33(20-23-10-7-6-8-11-23)14-15-34(27)30(39)40-31(3,4)5;1-19(16-21-12-9-13-22(17-21)28-5)24(31)23-25(32)29(18-20-10-7-6-8-11-20)14-15-30(23)26(33)34-27(2,3)4;1-3(5)7-4(2)6;/h6-13,17,26-28,37H,14-16,18-20H2,1-5H3,(H,32,36);6-13,17,19,23-24,31H,14-16,18H2,1-4H3;1-2H3;1H/t26-,27-,28-;19-,23-,24-;;/m00../s1. The minimum Gasteiger partial charge on any atom is -0.444 e. The highest BCUT2D eigenvalue weighted by atomic mass is 16.6. The fourth-order valence-corrected chi connectivity index (χ4v) is 9.33.